The van der Waals surface area contributed by atoms with E-state index in [4.69, 9.17) is 9.84 Å². The Bertz CT molecular complexity index is 314. The van der Waals surface area contributed by atoms with Crippen LogP contribution in [0.4, 0.5) is 0 Å². The molecule has 0 bridgehead atoms. The van der Waals surface area contributed by atoms with Gasteiger partial charge < -0.3 is 9.84 Å². The summed E-state index contributed by atoms with van der Waals surface area (Å²) in [7, 11) is 0. The van der Waals surface area contributed by atoms with Gasteiger partial charge in [-0.25, -0.2) is 0 Å². The van der Waals surface area contributed by atoms with E-state index in [2.05, 4.69) is 6.92 Å². The summed E-state index contributed by atoms with van der Waals surface area (Å²) >= 11 is 0. The van der Waals surface area contributed by atoms with Crippen molar-refractivity contribution in [2.45, 2.75) is 104 Å². The summed E-state index contributed by atoms with van der Waals surface area (Å²) in [5, 5.41) is 9.15. The third kappa shape index (κ3) is 12.1. The van der Waals surface area contributed by atoms with E-state index in [-0.39, 0.29) is 5.97 Å². The van der Waals surface area contributed by atoms with Crippen LogP contribution in [0.25, 0.3) is 0 Å². The molecule has 0 saturated heterocycles. The molecular formula is C19H36O4. The Balaban J connectivity index is 3.68. The first-order chi connectivity index (χ1) is 11.0. The van der Waals surface area contributed by atoms with Crippen molar-refractivity contribution in [2.24, 2.45) is 5.92 Å². The standard InChI is InChI=1S/C19H36O4/c1-4-6-7-8-9-10-11-12-13-15-18(20)23-16(3)17(14-5-2)19(21)22/h16-17H,4-15H2,1-3H3,(H,21,22)/t16-,17?/m1/s1. The first-order valence-corrected chi connectivity index (χ1v) is 9.45. The number of hydrogen-bond acceptors (Lipinski definition) is 3. The number of carbonyl (C=O) groups excluding carboxylic acids is 1. The monoisotopic (exact) mass is 328 g/mol. The minimum absolute atomic E-state index is 0.261. The Morgan fingerprint density at radius 1 is 0.870 bits per heavy atom. The molecule has 1 unspecified atom stereocenters. The summed E-state index contributed by atoms with van der Waals surface area (Å²) in [6, 6.07) is 0. The van der Waals surface area contributed by atoms with E-state index in [1.807, 2.05) is 6.92 Å². The molecule has 1 N–H and O–H groups in total. The number of carboxylic acid groups (broad SMARTS) is 1. The normalized spacial score (nSPS) is 13.5. The van der Waals surface area contributed by atoms with E-state index in [1.54, 1.807) is 6.92 Å². The fourth-order valence-electron chi connectivity index (χ4n) is 2.80. The Morgan fingerprint density at radius 3 is 1.87 bits per heavy atom. The molecule has 0 aromatic carbocycles. The van der Waals surface area contributed by atoms with Crippen LogP contribution in [0.5, 0.6) is 0 Å². The summed E-state index contributed by atoms with van der Waals surface area (Å²) in [6.07, 6.45) is 12.0. The highest BCUT2D eigenvalue weighted by atomic mass is 16.5. The smallest absolute Gasteiger partial charge is 0.310 e. The van der Waals surface area contributed by atoms with Crippen molar-refractivity contribution in [1.29, 1.82) is 0 Å². The number of esters is 1. The molecule has 0 amide bonds. The second kappa shape index (κ2) is 14.5. The quantitative estimate of drug-likeness (QED) is 0.325. The Morgan fingerprint density at radius 2 is 1.39 bits per heavy atom. The first kappa shape index (κ1) is 21.9. The fraction of sp³-hybridized carbons (Fsp3) is 0.895. The first-order valence-electron chi connectivity index (χ1n) is 9.45. The van der Waals surface area contributed by atoms with Gasteiger partial charge in [-0.05, 0) is 19.8 Å². The summed E-state index contributed by atoms with van der Waals surface area (Å²) in [6.45, 7) is 5.84. The van der Waals surface area contributed by atoms with Crippen molar-refractivity contribution in [2.75, 3.05) is 0 Å². The van der Waals surface area contributed by atoms with E-state index < -0.39 is 18.0 Å². The molecular weight excluding hydrogens is 292 g/mol. The van der Waals surface area contributed by atoms with Gasteiger partial charge in [0.15, 0.2) is 0 Å². The average Bonchev–Trinajstić information content (AvgIpc) is 2.50. The van der Waals surface area contributed by atoms with Crippen LogP contribution in [0.15, 0.2) is 0 Å². The highest BCUT2D eigenvalue weighted by Crippen LogP contribution is 2.16. The number of unbranched alkanes of at least 4 members (excludes halogenated alkanes) is 8. The molecule has 0 aromatic rings. The SMILES string of the molecule is CCCCCCCCCCCC(=O)O[C@H](C)C(CCC)C(=O)O. The number of ether oxygens (including phenoxy) is 1. The Hall–Kier alpha value is -1.06. The number of hydrogen-bond donors (Lipinski definition) is 1. The summed E-state index contributed by atoms with van der Waals surface area (Å²) in [5.74, 6) is -1.73. The largest absolute Gasteiger partial charge is 0.481 e. The van der Waals surface area contributed by atoms with E-state index in [9.17, 15) is 9.59 Å². The summed E-state index contributed by atoms with van der Waals surface area (Å²) < 4.78 is 5.28. The molecule has 0 aromatic heterocycles. The molecule has 0 fully saturated rings. The van der Waals surface area contributed by atoms with Crippen molar-refractivity contribution < 1.29 is 19.4 Å². The van der Waals surface area contributed by atoms with Crippen LogP contribution >= 0.6 is 0 Å². The van der Waals surface area contributed by atoms with Crippen LogP contribution in [-0.2, 0) is 14.3 Å². The summed E-state index contributed by atoms with van der Waals surface area (Å²) in [5.41, 5.74) is 0. The molecule has 0 spiro atoms. The zero-order valence-corrected chi connectivity index (χ0v) is 15.3. The van der Waals surface area contributed by atoms with E-state index in [0.29, 0.717) is 12.8 Å². The lowest BCUT2D eigenvalue weighted by Crippen LogP contribution is -2.30. The van der Waals surface area contributed by atoms with Gasteiger partial charge in [0.25, 0.3) is 0 Å². The van der Waals surface area contributed by atoms with Gasteiger partial charge in [-0.2, -0.15) is 0 Å². The summed E-state index contributed by atoms with van der Waals surface area (Å²) in [4.78, 5) is 22.9. The molecule has 0 aliphatic heterocycles. The lowest BCUT2D eigenvalue weighted by molar-refractivity contribution is -0.157. The van der Waals surface area contributed by atoms with Crippen LogP contribution in [-0.4, -0.2) is 23.1 Å². The molecule has 0 aliphatic rings. The lowest BCUT2D eigenvalue weighted by atomic mass is 9.98. The molecule has 2 atom stereocenters. The lowest BCUT2D eigenvalue weighted by Gasteiger charge is -2.20. The molecule has 0 rings (SSSR count). The second-order valence-electron chi connectivity index (χ2n) is 6.51. The van der Waals surface area contributed by atoms with Gasteiger partial charge >= 0.3 is 11.9 Å². The zero-order valence-electron chi connectivity index (χ0n) is 15.3. The Kier molecular flexibility index (Phi) is 13.9. The number of rotatable bonds is 15. The van der Waals surface area contributed by atoms with Crippen LogP contribution in [0.1, 0.15) is 97.8 Å². The van der Waals surface area contributed by atoms with Gasteiger partial charge in [0, 0.05) is 6.42 Å². The predicted octanol–water partition coefficient (Wildman–Crippen LogP) is 5.34. The maximum atomic E-state index is 11.8. The van der Waals surface area contributed by atoms with Crippen LogP contribution in [0.2, 0.25) is 0 Å². The topological polar surface area (TPSA) is 63.6 Å². The van der Waals surface area contributed by atoms with Crippen molar-refractivity contribution in [1.82, 2.24) is 0 Å². The van der Waals surface area contributed by atoms with Gasteiger partial charge in [-0.15, -0.1) is 0 Å². The Labute approximate surface area is 142 Å². The average molecular weight is 328 g/mol. The van der Waals surface area contributed by atoms with Crippen molar-refractivity contribution >= 4 is 11.9 Å². The third-order valence-electron chi connectivity index (χ3n) is 4.29. The molecule has 0 radical (unpaired) electrons. The number of carboxylic acids is 1. The molecule has 136 valence electrons. The third-order valence-corrected chi connectivity index (χ3v) is 4.29. The maximum absolute atomic E-state index is 11.8. The minimum atomic E-state index is -0.879. The van der Waals surface area contributed by atoms with Gasteiger partial charge in [0.2, 0.25) is 0 Å². The van der Waals surface area contributed by atoms with Gasteiger partial charge in [-0.3, -0.25) is 9.59 Å². The minimum Gasteiger partial charge on any atom is -0.481 e. The van der Waals surface area contributed by atoms with Crippen molar-refractivity contribution in [3.8, 4) is 0 Å². The van der Waals surface area contributed by atoms with E-state index >= 15 is 0 Å². The number of carbonyl (C=O) groups is 2. The molecule has 23 heavy (non-hydrogen) atoms. The molecule has 0 saturated carbocycles. The van der Waals surface area contributed by atoms with E-state index in [0.717, 1.165) is 19.3 Å². The van der Waals surface area contributed by atoms with E-state index in [1.165, 1.54) is 44.9 Å². The molecule has 0 aliphatic carbocycles. The van der Waals surface area contributed by atoms with Gasteiger partial charge in [0.05, 0.1) is 5.92 Å². The highest BCUT2D eigenvalue weighted by Gasteiger charge is 2.26. The highest BCUT2D eigenvalue weighted by molar-refractivity contribution is 5.73. The van der Waals surface area contributed by atoms with Crippen LogP contribution < -0.4 is 0 Å². The van der Waals surface area contributed by atoms with Gasteiger partial charge in [-0.1, -0.05) is 71.6 Å². The van der Waals surface area contributed by atoms with Crippen LogP contribution in [0, 0.1) is 5.92 Å². The number of aliphatic carboxylic acids is 1. The second-order valence-corrected chi connectivity index (χ2v) is 6.51. The molecule has 4 heteroatoms. The van der Waals surface area contributed by atoms with Gasteiger partial charge in [0.1, 0.15) is 6.10 Å². The van der Waals surface area contributed by atoms with Crippen molar-refractivity contribution in [3.05, 3.63) is 0 Å². The predicted molar refractivity (Wildman–Crippen MR) is 93.4 cm³/mol. The van der Waals surface area contributed by atoms with Crippen molar-refractivity contribution in [3.63, 3.8) is 0 Å². The molecule has 0 heterocycles. The molecule has 4 nitrogen and oxygen atoms in total. The maximum Gasteiger partial charge on any atom is 0.310 e. The zero-order chi connectivity index (χ0) is 17.5. The fourth-order valence-corrected chi connectivity index (χ4v) is 2.80. The van der Waals surface area contributed by atoms with Crippen LogP contribution in [0.3, 0.4) is 0 Å².